The first-order valence-corrected chi connectivity index (χ1v) is 7.06. The van der Waals surface area contributed by atoms with Crippen molar-refractivity contribution in [3.8, 4) is 5.75 Å². The van der Waals surface area contributed by atoms with Crippen LogP contribution in [0.3, 0.4) is 0 Å². The van der Waals surface area contributed by atoms with E-state index < -0.39 is 0 Å². The van der Waals surface area contributed by atoms with E-state index in [1.807, 2.05) is 0 Å². The van der Waals surface area contributed by atoms with E-state index in [1.54, 1.807) is 31.4 Å². The van der Waals surface area contributed by atoms with Crippen LogP contribution >= 0.6 is 0 Å². The van der Waals surface area contributed by atoms with Crippen molar-refractivity contribution in [2.75, 3.05) is 25.1 Å². The first kappa shape index (κ1) is 13.1. The molecule has 1 aromatic rings. The van der Waals surface area contributed by atoms with Gasteiger partial charge in [-0.05, 0) is 24.3 Å². The van der Waals surface area contributed by atoms with E-state index >= 15 is 0 Å². The number of likely N-dealkylation sites (tertiary alicyclic amines) is 1. The Bertz CT molecular complexity index is 520. The molecule has 0 aliphatic carbocycles. The number of methoxy groups -OCH3 is 1. The number of rotatable bonds is 3. The van der Waals surface area contributed by atoms with Crippen molar-refractivity contribution in [1.82, 2.24) is 0 Å². The second kappa shape index (κ2) is 5.25. The van der Waals surface area contributed by atoms with Crippen LogP contribution in [-0.2, 0) is 9.59 Å². The van der Waals surface area contributed by atoms with Crippen molar-refractivity contribution in [2.24, 2.45) is 0 Å². The van der Waals surface area contributed by atoms with Gasteiger partial charge in [0.1, 0.15) is 5.75 Å². The molecule has 0 unspecified atom stereocenters. The highest BCUT2D eigenvalue weighted by Gasteiger charge is 2.46. The predicted molar refractivity (Wildman–Crippen MR) is 73.8 cm³/mol. The summed E-state index contributed by atoms with van der Waals surface area (Å²) in [5.74, 6) is 0.566. The fourth-order valence-electron chi connectivity index (χ4n) is 3.13. The maximum atomic E-state index is 12.5. The van der Waals surface area contributed by atoms with E-state index in [2.05, 4.69) is 0 Å². The van der Waals surface area contributed by atoms with Crippen LogP contribution in [0.4, 0.5) is 5.69 Å². The van der Waals surface area contributed by atoms with Gasteiger partial charge in [-0.25, -0.2) is 4.90 Å². The van der Waals surface area contributed by atoms with Crippen molar-refractivity contribution in [2.45, 2.75) is 25.3 Å². The van der Waals surface area contributed by atoms with Crippen molar-refractivity contribution in [1.29, 1.82) is 0 Å². The molecule has 2 aliphatic heterocycles. The summed E-state index contributed by atoms with van der Waals surface area (Å²) < 4.78 is 5.10. The van der Waals surface area contributed by atoms with Gasteiger partial charge < -0.3 is 9.64 Å². The molecule has 2 amide bonds. The van der Waals surface area contributed by atoms with Gasteiger partial charge in [0.05, 0.1) is 32.3 Å². The fraction of sp³-hybridized carbons (Fsp3) is 0.467. The van der Waals surface area contributed by atoms with Gasteiger partial charge in [0.15, 0.2) is 6.04 Å². The van der Waals surface area contributed by atoms with Gasteiger partial charge in [-0.1, -0.05) is 0 Å². The smallest absolute Gasteiger partial charge is 0.292 e. The fourth-order valence-corrected chi connectivity index (χ4v) is 3.13. The maximum Gasteiger partial charge on any atom is 0.292 e. The molecule has 1 aromatic carbocycles. The molecule has 2 fully saturated rings. The largest absolute Gasteiger partial charge is 0.497 e. The summed E-state index contributed by atoms with van der Waals surface area (Å²) >= 11 is 0. The molecule has 2 saturated heterocycles. The zero-order chi connectivity index (χ0) is 14.1. The van der Waals surface area contributed by atoms with Crippen molar-refractivity contribution in [3.05, 3.63) is 24.3 Å². The standard InChI is InChI=1S/C15H18N2O3/c1-20-12-6-4-11(5-7-12)17-14(18)10-13(15(17)19)16-8-2-3-9-16/h4-7,13H,2-3,8-10H2,1H3/p+1/t13-/m1/s1. The lowest BCUT2D eigenvalue weighted by Crippen LogP contribution is -3.14. The number of nitrogens with zero attached hydrogens (tertiary/aromatic N) is 1. The first-order valence-electron chi connectivity index (χ1n) is 7.06. The minimum atomic E-state index is -0.188. The van der Waals surface area contributed by atoms with E-state index in [-0.39, 0.29) is 17.9 Å². The van der Waals surface area contributed by atoms with E-state index in [4.69, 9.17) is 4.74 Å². The molecule has 0 aromatic heterocycles. The van der Waals surface area contributed by atoms with Gasteiger partial charge in [-0.3, -0.25) is 9.59 Å². The summed E-state index contributed by atoms with van der Waals surface area (Å²) in [6, 6.07) is 6.87. The molecule has 106 valence electrons. The summed E-state index contributed by atoms with van der Waals surface area (Å²) in [6.45, 7) is 2.00. The van der Waals surface area contributed by atoms with Gasteiger partial charge in [0.25, 0.3) is 5.91 Å². The number of carbonyl (C=O) groups is 2. The predicted octanol–water partition coefficient (Wildman–Crippen LogP) is 0.00580. The lowest BCUT2D eigenvalue weighted by Gasteiger charge is -2.19. The van der Waals surface area contributed by atoms with Crippen molar-refractivity contribution >= 4 is 17.5 Å². The van der Waals surface area contributed by atoms with E-state index in [9.17, 15) is 9.59 Å². The lowest BCUT2D eigenvalue weighted by molar-refractivity contribution is -0.902. The average molecular weight is 275 g/mol. The SMILES string of the molecule is COc1ccc(N2C(=O)C[C@@H]([NH+]3CCCC3)C2=O)cc1. The highest BCUT2D eigenvalue weighted by Crippen LogP contribution is 2.24. The van der Waals surface area contributed by atoms with E-state index in [0.717, 1.165) is 31.7 Å². The van der Waals surface area contributed by atoms with Crippen LogP contribution in [0.1, 0.15) is 19.3 Å². The monoisotopic (exact) mass is 275 g/mol. The zero-order valence-electron chi connectivity index (χ0n) is 11.6. The molecule has 0 saturated carbocycles. The third-order valence-corrected chi connectivity index (χ3v) is 4.22. The highest BCUT2D eigenvalue weighted by molar-refractivity contribution is 6.21. The minimum absolute atomic E-state index is 0.0583. The lowest BCUT2D eigenvalue weighted by atomic mass is 10.2. The number of hydrogen-bond acceptors (Lipinski definition) is 3. The van der Waals surface area contributed by atoms with E-state index in [1.165, 1.54) is 9.80 Å². The Balaban J connectivity index is 1.82. The van der Waals surface area contributed by atoms with Gasteiger partial charge in [0.2, 0.25) is 5.91 Å². The second-order valence-electron chi connectivity index (χ2n) is 5.39. The van der Waals surface area contributed by atoms with Crippen LogP contribution in [0.2, 0.25) is 0 Å². The van der Waals surface area contributed by atoms with Crippen LogP contribution in [0.15, 0.2) is 24.3 Å². The Hall–Kier alpha value is -1.88. The second-order valence-corrected chi connectivity index (χ2v) is 5.39. The van der Waals surface area contributed by atoms with Gasteiger partial charge in [-0.15, -0.1) is 0 Å². The molecule has 1 atom stereocenters. The number of quaternary nitrogens is 1. The molecule has 2 heterocycles. The Labute approximate surface area is 118 Å². The number of imide groups is 1. The number of ether oxygens (including phenoxy) is 1. The average Bonchev–Trinajstić information content (AvgIpc) is 3.07. The molecular formula is C15H19N2O3+. The topological polar surface area (TPSA) is 51.0 Å². The summed E-state index contributed by atoms with van der Waals surface area (Å²) in [6.07, 6.45) is 2.63. The number of nitrogens with one attached hydrogen (secondary N) is 1. The number of hydrogen-bond donors (Lipinski definition) is 1. The Morgan fingerprint density at radius 2 is 1.80 bits per heavy atom. The van der Waals surface area contributed by atoms with Crippen LogP contribution in [0, 0.1) is 0 Å². The molecule has 0 spiro atoms. The summed E-state index contributed by atoms with van der Waals surface area (Å²) in [4.78, 5) is 27.3. The van der Waals surface area contributed by atoms with Gasteiger partial charge in [-0.2, -0.15) is 0 Å². The molecule has 5 heteroatoms. The number of carbonyl (C=O) groups excluding carboxylic acids is 2. The van der Waals surface area contributed by atoms with Gasteiger partial charge >= 0.3 is 0 Å². The summed E-state index contributed by atoms with van der Waals surface area (Å²) in [7, 11) is 1.59. The normalized spacial score (nSPS) is 23.6. The van der Waals surface area contributed by atoms with Crippen LogP contribution < -0.4 is 14.5 Å². The third-order valence-electron chi connectivity index (χ3n) is 4.22. The van der Waals surface area contributed by atoms with Crippen LogP contribution in [-0.4, -0.2) is 38.1 Å². The Kier molecular flexibility index (Phi) is 3.44. The molecule has 0 radical (unpaired) electrons. The maximum absolute atomic E-state index is 12.5. The van der Waals surface area contributed by atoms with Crippen molar-refractivity contribution in [3.63, 3.8) is 0 Å². The molecule has 3 rings (SSSR count). The molecule has 20 heavy (non-hydrogen) atoms. The molecular weight excluding hydrogens is 256 g/mol. The zero-order valence-corrected chi connectivity index (χ0v) is 11.6. The highest BCUT2D eigenvalue weighted by atomic mass is 16.5. The van der Waals surface area contributed by atoms with Crippen LogP contribution in [0.25, 0.3) is 0 Å². The summed E-state index contributed by atoms with van der Waals surface area (Å²) in [5, 5.41) is 0. The number of anilines is 1. The Morgan fingerprint density at radius 3 is 2.40 bits per heavy atom. The Morgan fingerprint density at radius 1 is 1.15 bits per heavy atom. The number of benzene rings is 1. The minimum Gasteiger partial charge on any atom is -0.497 e. The molecule has 5 nitrogen and oxygen atoms in total. The van der Waals surface area contributed by atoms with E-state index in [0.29, 0.717) is 12.1 Å². The van der Waals surface area contributed by atoms with Gasteiger partial charge in [0, 0.05) is 12.8 Å². The van der Waals surface area contributed by atoms with Crippen molar-refractivity contribution < 1.29 is 19.2 Å². The number of amides is 2. The third kappa shape index (κ3) is 2.18. The molecule has 0 bridgehead atoms. The van der Waals surface area contributed by atoms with Crippen LogP contribution in [0.5, 0.6) is 5.75 Å². The molecule has 1 N–H and O–H groups in total. The first-order chi connectivity index (χ1) is 9.70. The summed E-state index contributed by atoms with van der Waals surface area (Å²) in [5.41, 5.74) is 0.641. The quantitative estimate of drug-likeness (QED) is 0.790. The molecule has 2 aliphatic rings.